The summed E-state index contributed by atoms with van der Waals surface area (Å²) in [6, 6.07) is 3.00. The molecule has 2 heterocycles. The van der Waals surface area contributed by atoms with Gasteiger partial charge in [-0.15, -0.1) is 0 Å². The zero-order valence-corrected chi connectivity index (χ0v) is 10.3. The van der Waals surface area contributed by atoms with Gasteiger partial charge >= 0.3 is 17.7 Å². The Morgan fingerprint density at radius 3 is 2.47 bits per heavy atom. The Morgan fingerprint density at radius 1 is 1.11 bits per heavy atom. The minimum absolute atomic E-state index is 0.0609. The normalized spacial score (nSPS) is 14.8. The van der Waals surface area contributed by atoms with Crippen molar-refractivity contribution in [2.75, 3.05) is 13.1 Å². The molecule has 0 radical (unpaired) electrons. The number of nitrogens with one attached hydrogen (secondary N) is 2. The van der Waals surface area contributed by atoms with Crippen LogP contribution in [0.4, 0.5) is 0 Å². The molecule has 0 atom stereocenters. The number of hydrazine groups is 1. The lowest BCUT2D eigenvalue weighted by molar-refractivity contribution is -0.146. The largest absolute Gasteiger partial charge is 0.459 e. The lowest BCUT2D eigenvalue weighted by atomic mass is 10.1. The highest BCUT2D eigenvalue weighted by Crippen LogP contribution is 2.08. The van der Waals surface area contributed by atoms with Crippen LogP contribution in [0.5, 0.6) is 0 Å². The summed E-state index contributed by atoms with van der Waals surface area (Å²) in [4.78, 5) is 36.3. The third kappa shape index (κ3) is 3.34. The van der Waals surface area contributed by atoms with Crippen LogP contribution in [0.2, 0.25) is 0 Å². The molecule has 19 heavy (non-hydrogen) atoms. The number of rotatable bonds is 1. The molecule has 0 aromatic carbocycles. The molecule has 7 nitrogen and oxygen atoms in total. The minimum atomic E-state index is -0.846. The molecule has 1 saturated heterocycles. The van der Waals surface area contributed by atoms with Gasteiger partial charge < -0.3 is 9.32 Å². The highest BCUT2D eigenvalue weighted by atomic mass is 16.3. The third-order valence-corrected chi connectivity index (χ3v) is 2.87. The van der Waals surface area contributed by atoms with Gasteiger partial charge in [0.25, 0.3) is 0 Å². The first kappa shape index (κ1) is 13.1. The summed E-state index contributed by atoms with van der Waals surface area (Å²) in [5.74, 6) is -2.02. The number of carbonyl (C=O) groups is 3. The molecule has 0 spiro atoms. The lowest BCUT2D eigenvalue weighted by Crippen LogP contribution is -2.50. The topological polar surface area (TPSA) is 91.6 Å². The predicted molar refractivity (Wildman–Crippen MR) is 64.7 cm³/mol. The van der Waals surface area contributed by atoms with E-state index in [1.165, 1.54) is 17.2 Å². The maximum Gasteiger partial charge on any atom is 0.327 e. The van der Waals surface area contributed by atoms with Gasteiger partial charge in [0.2, 0.25) is 0 Å². The van der Waals surface area contributed by atoms with Gasteiger partial charge in [-0.05, 0) is 31.4 Å². The van der Waals surface area contributed by atoms with Gasteiger partial charge in [0.1, 0.15) is 0 Å². The zero-order chi connectivity index (χ0) is 13.7. The minimum Gasteiger partial charge on any atom is -0.459 e. The van der Waals surface area contributed by atoms with Crippen LogP contribution >= 0.6 is 0 Å². The molecule has 0 bridgehead atoms. The molecule has 1 fully saturated rings. The van der Waals surface area contributed by atoms with Crippen molar-refractivity contribution in [3.63, 3.8) is 0 Å². The molecular formula is C12H15N3O4. The van der Waals surface area contributed by atoms with Crippen LogP contribution in [0.15, 0.2) is 22.8 Å². The van der Waals surface area contributed by atoms with E-state index in [0.717, 1.165) is 19.3 Å². The summed E-state index contributed by atoms with van der Waals surface area (Å²) in [6.07, 6.45) is 4.21. The van der Waals surface area contributed by atoms with E-state index < -0.39 is 17.7 Å². The number of furan rings is 1. The molecule has 1 aliphatic heterocycles. The van der Waals surface area contributed by atoms with Crippen LogP contribution in [-0.2, 0) is 9.59 Å². The molecule has 2 N–H and O–H groups in total. The van der Waals surface area contributed by atoms with Gasteiger partial charge in [0, 0.05) is 13.1 Å². The van der Waals surface area contributed by atoms with Crippen molar-refractivity contribution in [1.29, 1.82) is 0 Å². The van der Waals surface area contributed by atoms with Crippen LogP contribution in [0, 0.1) is 0 Å². The Labute approximate surface area is 109 Å². The number of likely N-dealkylation sites (tertiary alicyclic amines) is 1. The maximum atomic E-state index is 11.7. The number of piperidine rings is 1. The number of nitrogens with zero attached hydrogens (tertiary/aromatic N) is 1. The van der Waals surface area contributed by atoms with E-state index >= 15 is 0 Å². The molecule has 1 aromatic heterocycles. The van der Waals surface area contributed by atoms with Crippen LogP contribution < -0.4 is 10.9 Å². The number of amides is 3. The Balaban J connectivity index is 1.80. The van der Waals surface area contributed by atoms with Gasteiger partial charge in [0.05, 0.1) is 6.26 Å². The van der Waals surface area contributed by atoms with Crippen LogP contribution in [0.25, 0.3) is 0 Å². The fourth-order valence-electron chi connectivity index (χ4n) is 1.88. The quantitative estimate of drug-likeness (QED) is 0.554. The Hall–Kier alpha value is -2.31. The average Bonchev–Trinajstić information content (AvgIpc) is 2.98. The summed E-state index contributed by atoms with van der Waals surface area (Å²) in [7, 11) is 0. The Bertz CT molecular complexity index is 463. The predicted octanol–water partition coefficient (Wildman–Crippen LogP) is 0.0531. The molecule has 1 aliphatic rings. The summed E-state index contributed by atoms with van der Waals surface area (Å²) in [5.41, 5.74) is 4.20. The first-order chi connectivity index (χ1) is 9.18. The third-order valence-electron chi connectivity index (χ3n) is 2.87. The van der Waals surface area contributed by atoms with Gasteiger partial charge in [0.15, 0.2) is 5.76 Å². The Kier molecular flexibility index (Phi) is 4.17. The first-order valence-electron chi connectivity index (χ1n) is 6.11. The summed E-state index contributed by atoms with van der Waals surface area (Å²) in [5, 5.41) is 0. The molecule has 7 heteroatoms. The summed E-state index contributed by atoms with van der Waals surface area (Å²) < 4.78 is 4.85. The van der Waals surface area contributed by atoms with Crippen LogP contribution in [-0.4, -0.2) is 35.7 Å². The van der Waals surface area contributed by atoms with E-state index in [4.69, 9.17) is 4.42 Å². The molecule has 0 saturated carbocycles. The van der Waals surface area contributed by atoms with Crippen molar-refractivity contribution < 1.29 is 18.8 Å². The molecule has 102 valence electrons. The van der Waals surface area contributed by atoms with Gasteiger partial charge in [-0.2, -0.15) is 0 Å². The smallest absolute Gasteiger partial charge is 0.327 e. The van der Waals surface area contributed by atoms with Crippen molar-refractivity contribution in [3.8, 4) is 0 Å². The SMILES string of the molecule is O=C(NNC(=O)c1ccco1)C(=O)N1CCCCC1. The van der Waals surface area contributed by atoms with Crippen molar-refractivity contribution in [2.24, 2.45) is 0 Å². The second kappa shape index (κ2) is 6.03. The summed E-state index contributed by atoms with van der Waals surface area (Å²) in [6.45, 7) is 1.16. The number of hydrogen-bond donors (Lipinski definition) is 2. The van der Waals surface area contributed by atoms with Gasteiger partial charge in [-0.1, -0.05) is 0 Å². The monoisotopic (exact) mass is 265 g/mol. The van der Waals surface area contributed by atoms with E-state index in [1.54, 1.807) is 6.07 Å². The maximum absolute atomic E-state index is 11.7. The molecule has 3 amide bonds. The number of carbonyl (C=O) groups excluding carboxylic acids is 3. The van der Waals surface area contributed by atoms with Crippen molar-refractivity contribution in [1.82, 2.24) is 15.8 Å². The summed E-state index contributed by atoms with van der Waals surface area (Å²) >= 11 is 0. The second-order valence-electron chi connectivity index (χ2n) is 4.24. The fourth-order valence-corrected chi connectivity index (χ4v) is 1.88. The number of hydrogen-bond acceptors (Lipinski definition) is 4. The zero-order valence-electron chi connectivity index (χ0n) is 10.3. The lowest BCUT2D eigenvalue weighted by Gasteiger charge is -2.25. The highest BCUT2D eigenvalue weighted by Gasteiger charge is 2.23. The molecule has 0 unspecified atom stereocenters. The molecule has 1 aromatic rings. The highest BCUT2D eigenvalue weighted by molar-refractivity contribution is 6.35. The van der Waals surface area contributed by atoms with E-state index in [-0.39, 0.29) is 5.76 Å². The van der Waals surface area contributed by atoms with Crippen molar-refractivity contribution in [3.05, 3.63) is 24.2 Å². The second-order valence-corrected chi connectivity index (χ2v) is 4.24. The van der Waals surface area contributed by atoms with E-state index in [0.29, 0.717) is 13.1 Å². The van der Waals surface area contributed by atoms with Crippen molar-refractivity contribution >= 4 is 17.7 Å². The first-order valence-corrected chi connectivity index (χ1v) is 6.11. The standard InChI is InChI=1S/C12H15N3O4/c16-10(9-5-4-8-19-9)13-14-11(17)12(18)15-6-2-1-3-7-15/h4-5,8H,1-3,6-7H2,(H,13,16)(H,14,17). The van der Waals surface area contributed by atoms with E-state index in [1.807, 2.05) is 0 Å². The van der Waals surface area contributed by atoms with Crippen LogP contribution in [0.3, 0.4) is 0 Å². The average molecular weight is 265 g/mol. The fraction of sp³-hybridized carbons (Fsp3) is 0.417. The van der Waals surface area contributed by atoms with E-state index in [2.05, 4.69) is 10.9 Å². The molecular weight excluding hydrogens is 250 g/mol. The van der Waals surface area contributed by atoms with Gasteiger partial charge in [-0.3, -0.25) is 25.2 Å². The van der Waals surface area contributed by atoms with Gasteiger partial charge in [-0.25, -0.2) is 0 Å². The van der Waals surface area contributed by atoms with E-state index in [9.17, 15) is 14.4 Å². The molecule has 0 aliphatic carbocycles. The Morgan fingerprint density at radius 2 is 1.84 bits per heavy atom. The van der Waals surface area contributed by atoms with Crippen LogP contribution in [0.1, 0.15) is 29.8 Å². The molecule has 2 rings (SSSR count). The van der Waals surface area contributed by atoms with Crippen molar-refractivity contribution in [2.45, 2.75) is 19.3 Å².